The van der Waals surface area contributed by atoms with Crippen molar-refractivity contribution in [1.82, 2.24) is 15.4 Å². The number of nitrogens with two attached hydrogens (primary N) is 1. The highest BCUT2D eigenvalue weighted by molar-refractivity contribution is 5.04. The van der Waals surface area contributed by atoms with Gasteiger partial charge < -0.3 is 4.74 Å². The van der Waals surface area contributed by atoms with E-state index in [9.17, 15) is 0 Å². The van der Waals surface area contributed by atoms with Crippen LogP contribution in [0.15, 0.2) is 12.4 Å². The van der Waals surface area contributed by atoms with Crippen molar-refractivity contribution in [3.05, 3.63) is 23.8 Å². The Labute approximate surface area is 90.0 Å². The minimum atomic E-state index is -0.159. The first kappa shape index (κ1) is 12.0. The monoisotopic (exact) mass is 210 g/mol. The van der Waals surface area contributed by atoms with Crippen molar-refractivity contribution < 1.29 is 4.74 Å². The number of aromatic nitrogens is 2. The zero-order valence-electron chi connectivity index (χ0n) is 9.40. The number of hydrogen-bond donors (Lipinski definition) is 2. The first-order valence-corrected chi connectivity index (χ1v) is 4.99. The summed E-state index contributed by atoms with van der Waals surface area (Å²) in [5.41, 5.74) is 3.67. The maximum absolute atomic E-state index is 5.46. The number of nitrogens with zero attached hydrogens (tertiary/aromatic N) is 2. The standard InChI is InChI=1S/C10H18N4O/c1-7(2)15-6-9(14-11)10-12-4-8(3)5-13-10/h4-5,7,9,14H,6,11H2,1-3H3. The highest BCUT2D eigenvalue weighted by atomic mass is 16.5. The first-order valence-electron chi connectivity index (χ1n) is 4.99. The van der Waals surface area contributed by atoms with Crippen LogP contribution in [0.1, 0.15) is 31.3 Å². The highest BCUT2D eigenvalue weighted by Crippen LogP contribution is 2.07. The van der Waals surface area contributed by atoms with Crippen LogP contribution in [-0.4, -0.2) is 22.7 Å². The molecular weight excluding hydrogens is 192 g/mol. The van der Waals surface area contributed by atoms with Gasteiger partial charge in [-0.2, -0.15) is 0 Å². The van der Waals surface area contributed by atoms with Gasteiger partial charge in [0.1, 0.15) is 11.9 Å². The van der Waals surface area contributed by atoms with E-state index in [2.05, 4.69) is 15.4 Å². The second kappa shape index (κ2) is 5.75. The Morgan fingerprint density at radius 2 is 2.00 bits per heavy atom. The van der Waals surface area contributed by atoms with Gasteiger partial charge in [-0.3, -0.25) is 5.84 Å². The molecule has 1 atom stereocenters. The van der Waals surface area contributed by atoms with E-state index >= 15 is 0 Å². The van der Waals surface area contributed by atoms with Gasteiger partial charge in [0.25, 0.3) is 0 Å². The maximum atomic E-state index is 5.46. The second-order valence-electron chi connectivity index (χ2n) is 3.72. The van der Waals surface area contributed by atoms with Gasteiger partial charge >= 0.3 is 0 Å². The number of aryl methyl sites for hydroxylation is 1. The summed E-state index contributed by atoms with van der Waals surface area (Å²) in [5, 5.41) is 0. The van der Waals surface area contributed by atoms with Gasteiger partial charge in [0, 0.05) is 12.4 Å². The molecule has 0 saturated heterocycles. The summed E-state index contributed by atoms with van der Waals surface area (Å²) in [6.45, 7) is 6.36. The SMILES string of the molecule is Cc1cnc(C(COC(C)C)NN)nc1. The van der Waals surface area contributed by atoms with E-state index in [0.29, 0.717) is 12.4 Å². The number of rotatable bonds is 5. The Morgan fingerprint density at radius 3 is 2.47 bits per heavy atom. The number of hydrogen-bond acceptors (Lipinski definition) is 5. The number of ether oxygens (including phenoxy) is 1. The van der Waals surface area contributed by atoms with Gasteiger partial charge in [-0.15, -0.1) is 0 Å². The molecule has 5 heteroatoms. The van der Waals surface area contributed by atoms with E-state index in [1.807, 2.05) is 20.8 Å². The minimum Gasteiger partial charge on any atom is -0.377 e. The van der Waals surface area contributed by atoms with Gasteiger partial charge in [0.2, 0.25) is 0 Å². The zero-order chi connectivity index (χ0) is 11.3. The van der Waals surface area contributed by atoms with E-state index in [4.69, 9.17) is 10.6 Å². The summed E-state index contributed by atoms with van der Waals surface area (Å²) < 4.78 is 5.46. The molecule has 84 valence electrons. The molecule has 0 aliphatic rings. The van der Waals surface area contributed by atoms with Crippen LogP contribution in [0.25, 0.3) is 0 Å². The molecule has 0 bridgehead atoms. The maximum Gasteiger partial charge on any atom is 0.148 e. The Balaban J connectivity index is 2.61. The molecule has 5 nitrogen and oxygen atoms in total. The van der Waals surface area contributed by atoms with Crippen LogP contribution < -0.4 is 11.3 Å². The highest BCUT2D eigenvalue weighted by Gasteiger charge is 2.13. The quantitative estimate of drug-likeness (QED) is 0.553. The van der Waals surface area contributed by atoms with Crippen molar-refractivity contribution in [2.75, 3.05) is 6.61 Å². The molecule has 0 amide bonds. The molecule has 1 unspecified atom stereocenters. The minimum absolute atomic E-state index is 0.159. The van der Waals surface area contributed by atoms with Crippen molar-refractivity contribution >= 4 is 0 Å². The van der Waals surface area contributed by atoms with Crippen molar-refractivity contribution in [2.45, 2.75) is 32.9 Å². The predicted octanol–water partition coefficient (Wildman–Crippen LogP) is 0.714. The Morgan fingerprint density at radius 1 is 1.40 bits per heavy atom. The largest absolute Gasteiger partial charge is 0.377 e. The Hall–Kier alpha value is -1.04. The third kappa shape index (κ3) is 3.91. The molecule has 1 rings (SSSR count). The Kier molecular flexibility index (Phi) is 4.61. The molecular formula is C10H18N4O. The van der Waals surface area contributed by atoms with Crippen LogP contribution >= 0.6 is 0 Å². The van der Waals surface area contributed by atoms with E-state index in [-0.39, 0.29) is 12.1 Å². The average Bonchev–Trinajstić information content (AvgIpc) is 2.21. The second-order valence-corrected chi connectivity index (χ2v) is 3.72. The summed E-state index contributed by atoms with van der Waals surface area (Å²) in [7, 11) is 0. The van der Waals surface area contributed by atoms with Gasteiger partial charge in [-0.05, 0) is 26.3 Å². The molecule has 1 heterocycles. The fraction of sp³-hybridized carbons (Fsp3) is 0.600. The van der Waals surface area contributed by atoms with E-state index in [1.165, 1.54) is 0 Å². The van der Waals surface area contributed by atoms with Crippen LogP contribution in [0, 0.1) is 6.92 Å². The molecule has 0 saturated carbocycles. The molecule has 0 aliphatic heterocycles. The summed E-state index contributed by atoms with van der Waals surface area (Å²) in [4.78, 5) is 8.39. The van der Waals surface area contributed by atoms with Gasteiger partial charge in [-0.25, -0.2) is 15.4 Å². The third-order valence-electron chi connectivity index (χ3n) is 1.91. The van der Waals surface area contributed by atoms with Gasteiger partial charge in [0.15, 0.2) is 0 Å². The normalized spacial score (nSPS) is 13.1. The van der Waals surface area contributed by atoms with Crippen molar-refractivity contribution in [2.24, 2.45) is 5.84 Å². The van der Waals surface area contributed by atoms with Crippen LogP contribution in [0.2, 0.25) is 0 Å². The molecule has 3 N–H and O–H groups in total. The zero-order valence-corrected chi connectivity index (χ0v) is 9.40. The van der Waals surface area contributed by atoms with Gasteiger partial charge in [0.05, 0.1) is 12.7 Å². The predicted molar refractivity (Wildman–Crippen MR) is 57.9 cm³/mol. The molecule has 0 aliphatic carbocycles. The van der Waals surface area contributed by atoms with Crippen LogP contribution in [0.4, 0.5) is 0 Å². The lowest BCUT2D eigenvalue weighted by Gasteiger charge is -2.16. The molecule has 0 spiro atoms. The van der Waals surface area contributed by atoms with Crippen LogP contribution in [0.3, 0.4) is 0 Å². The van der Waals surface area contributed by atoms with E-state index < -0.39 is 0 Å². The number of nitrogens with one attached hydrogen (secondary N) is 1. The fourth-order valence-electron chi connectivity index (χ4n) is 1.07. The molecule has 0 fully saturated rings. The summed E-state index contributed by atoms with van der Waals surface area (Å²) in [5.74, 6) is 6.08. The lowest BCUT2D eigenvalue weighted by molar-refractivity contribution is 0.0594. The average molecular weight is 210 g/mol. The fourth-order valence-corrected chi connectivity index (χ4v) is 1.07. The smallest absolute Gasteiger partial charge is 0.148 e. The molecule has 15 heavy (non-hydrogen) atoms. The number of hydrazine groups is 1. The van der Waals surface area contributed by atoms with Crippen LogP contribution in [0.5, 0.6) is 0 Å². The van der Waals surface area contributed by atoms with Crippen LogP contribution in [-0.2, 0) is 4.74 Å². The van der Waals surface area contributed by atoms with E-state index in [0.717, 1.165) is 5.56 Å². The lowest BCUT2D eigenvalue weighted by Crippen LogP contribution is -2.33. The van der Waals surface area contributed by atoms with Crippen molar-refractivity contribution in [1.29, 1.82) is 0 Å². The molecule has 0 radical (unpaired) electrons. The van der Waals surface area contributed by atoms with Crippen molar-refractivity contribution in [3.8, 4) is 0 Å². The van der Waals surface area contributed by atoms with E-state index in [1.54, 1.807) is 12.4 Å². The molecule has 1 aromatic rings. The third-order valence-corrected chi connectivity index (χ3v) is 1.91. The molecule has 0 aromatic carbocycles. The Bertz CT molecular complexity index is 286. The summed E-state index contributed by atoms with van der Waals surface area (Å²) in [6, 6.07) is -0.159. The lowest BCUT2D eigenvalue weighted by atomic mass is 10.3. The van der Waals surface area contributed by atoms with Crippen molar-refractivity contribution in [3.63, 3.8) is 0 Å². The summed E-state index contributed by atoms with van der Waals surface area (Å²) in [6.07, 6.45) is 3.70. The van der Waals surface area contributed by atoms with Gasteiger partial charge in [-0.1, -0.05) is 0 Å². The topological polar surface area (TPSA) is 73.1 Å². The molecule has 1 aromatic heterocycles. The first-order chi connectivity index (χ1) is 7.13. The summed E-state index contributed by atoms with van der Waals surface area (Å²) >= 11 is 0.